The second kappa shape index (κ2) is 6.92. The number of rotatable bonds is 4. The highest BCUT2D eigenvalue weighted by Crippen LogP contribution is 2.14. The Morgan fingerprint density at radius 1 is 1.09 bits per heavy atom. The molecule has 2 saturated heterocycles. The maximum Gasteiger partial charge on any atom is 0.253 e. The molecule has 2 heterocycles. The van der Waals surface area contributed by atoms with Crippen molar-refractivity contribution in [2.24, 2.45) is 0 Å². The van der Waals surface area contributed by atoms with Crippen LogP contribution in [0.2, 0.25) is 0 Å². The van der Waals surface area contributed by atoms with Crippen LogP contribution in [0.4, 0.5) is 0 Å². The van der Waals surface area contributed by atoms with E-state index in [4.69, 9.17) is 4.74 Å². The van der Waals surface area contributed by atoms with E-state index in [-0.39, 0.29) is 17.9 Å². The van der Waals surface area contributed by atoms with Crippen molar-refractivity contribution in [3.63, 3.8) is 0 Å². The van der Waals surface area contributed by atoms with Crippen molar-refractivity contribution in [1.29, 1.82) is 0 Å². The molecule has 0 radical (unpaired) electrons. The summed E-state index contributed by atoms with van der Waals surface area (Å²) in [6.45, 7) is 3.01. The molecule has 5 heteroatoms. The first-order valence-electron chi connectivity index (χ1n) is 8.03. The number of amides is 2. The first kappa shape index (κ1) is 15.0. The summed E-state index contributed by atoms with van der Waals surface area (Å²) in [5, 5.41) is 2.89. The van der Waals surface area contributed by atoms with Crippen LogP contribution in [0, 0.1) is 0 Å². The smallest absolute Gasteiger partial charge is 0.253 e. The first-order valence-corrected chi connectivity index (χ1v) is 8.03. The zero-order valence-electron chi connectivity index (χ0n) is 12.7. The van der Waals surface area contributed by atoms with E-state index >= 15 is 0 Å². The van der Waals surface area contributed by atoms with Gasteiger partial charge >= 0.3 is 0 Å². The summed E-state index contributed by atoms with van der Waals surface area (Å²) in [6, 6.07) is 6.91. The number of hydrogen-bond donors (Lipinski definition) is 1. The van der Waals surface area contributed by atoms with Crippen molar-refractivity contribution in [3.05, 3.63) is 35.4 Å². The number of carbonyl (C=O) groups excluding carboxylic acids is 2. The fraction of sp³-hybridized carbons (Fsp3) is 0.529. The summed E-state index contributed by atoms with van der Waals surface area (Å²) >= 11 is 0. The lowest BCUT2D eigenvalue weighted by Gasteiger charge is -2.15. The second-order valence-corrected chi connectivity index (χ2v) is 5.92. The van der Waals surface area contributed by atoms with E-state index in [0.29, 0.717) is 17.7 Å². The number of nitrogens with one attached hydrogen (secondary N) is 1. The predicted molar refractivity (Wildman–Crippen MR) is 82.9 cm³/mol. The molecule has 1 aromatic rings. The summed E-state index contributed by atoms with van der Waals surface area (Å²) in [4.78, 5) is 26.2. The lowest BCUT2D eigenvalue weighted by Crippen LogP contribution is -2.32. The summed E-state index contributed by atoms with van der Waals surface area (Å²) < 4.78 is 5.48. The number of hydrogen-bond acceptors (Lipinski definition) is 3. The normalized spacial score (nSPS) is 21.1. The molecule has 1 N–H and O–H groups in total. The topological polar surface area (TPSA) is 58.6 Å². The highest BCUT2D eigenvalue weighted by Gasteiger charge is 2.20. The van der Waals surface area contributed by atoms with Gasteiger partial charge in [-0.15, -0.1) is 0 Å². The van der Waals surface area contributed by atoms with Crippen LogP contribution in [0.5, 0.6) is 0 Å². The Morgan fingerprint density at radius 3 is 2.41 bits per heavy atom. The van der Waals surface area contributed by atoms with Gasteiger partial charge in [-0.1, -0.05) is 0 Å². The van der Waals surface area contributed by atoms with Crippen molar-refractivity contribution >= 4 is 11.8 Å². The van der Waals surface area contributed by atoms with Gasteiger partial charge in [-0.3, -0.25) is 9.59 Å². The Balaban J connectivity index is 1.55. The zero-order chi connectivity index (χ0) is 15.4. The maximum atomic E-state index is 12.2. The van der Waals surface area contributed by atoms with Crippen LogP contribution in [0.3, 0.4) is 0 Å². The molecule has 22 heavy (non-hydrogen) atoms. The van der Waals surface area contributed by atoms with Crippen molar-refractivity contribution < 1.29 is 14.3 Å². The molecule has 2 fully saturated rings. The average molecular weight is 302 g/mol. The summed E-state index contributed by atoms with van der Waals surface area (Å²) in [7, 11) is 0. The minimum atomic E-state index is -0.115. The van der Waals surface area contributed by atoms with Crippen LogP contribution in [0.1, 0.15) is 46.4 Å². The number of ether oxygens (including phenoxy) is 1. The van der Waals surface area contributed by atoms with Crippen LogP contribution < -0.4 is 5.32 Å². The molecule has 0 bridgehead atoms. The molecule has 118 valence electrons. The minimum Gasteiger partial charge on any atom is -0.376 e. The third-order valence-electron chi connectivity index (χ3n) is 4.30. The summed E-state index contributed by atoms with van der Waals surface area (Å²) in [5.74, 6) is -0.0560. The molecule has 1 aromatic carbocycles. The highest BCUT2D eigenvalue weighted by molar-refractivity contribution is 5.97. The third-order valence-corrected chi connectivity index (χ3v) is 4.30. The molecule has 1 atom stereocenters. The first-order chi connectivity index (χ1) is 10.7. The molecule has 1 unspecified atom stereocenters. The Morgan fingerprint density at radius 2 is 1.77 bits per heavy atom. The number of benzene rings is 1. The van der Waals surface area contributed by atoms with Gasteiger partial charge in [0, 0.05) is 37.4 Å². The van der Waals surface area contributed by atoms with Gasteiger partial charge in [0.2, 0.25) is 0 Å². The molecule has 0 saturated carbocycles. The van der Waals surface area contributed by atoms with Crippen LogP contribution in [-0.4, -0.2) is 49.1 Å². The van der Waals surface area contributed by atoms with Gasteiger partial charge in [-0.25, -0.2) is 0 Å². The molecule has 0 aliphatic carbocycles. The highest BCUT2D eigenvalue weighted by atomic mass is 16.5. The molecule has 2 amide bonds. The fourth-order valence-corrected chi connectivity index (χ4v) is 2.98. The van der Waals surface area contributed by atoms with Gasteiger partial charge < -0.3 is 15.0 Å². The quantitative estimate of drug-likeness (QED) is 0.923. The van der Waals surface area contributed by atoms with Gasteiger partial charge in [0.05, 0.1) is 6.10 Å². The molecule has 5 nitrogen and oxygen atoms in total. The number of carbonyl (C=O) groups is 2. The summed E-state index contributed by atoms with van der Waals surface area (Å²) in [5.41, 5.74) is 1.23. The Labute approximate surface area is 130 Å². The maximum absolute atomic E-state index is 12.2. The lowest BCUT2D eigenvalue weighted by atomic mass is 10.1. The Kier molecular flexibility index (Phi) is 4.73. The van der Waals surface area contributed by atoms with Crippen molar-refractivity contribution in [2.45, 2.75) is 31.8 Å². The Bertz CT molecular complexity index is 529. The van der Waals surface area contributed by atoms with E-state index in [0.717, 1.165) is 45.4 Å². The second-order valence-electron chi connectivity index (χ2n) is 5.92. The van der Waals surface area contributed by atoms with Crippen LogP contribution in [0.25, 0.3) is 0 Å². The minimum absolute atomic E-state index is 0.0591. The molecule has 0 spiro atoms. The van der Waals surface area contributed by atoms with Gasteiger partial charge in [0.15, 0.2) is 0 Å². The van der Waals surface area contributed by atoms with Crippen molar-refractivity contribution in [2.75, 3.05) is 26.2 Å². The molecule has 2 aliphatic rings. The van der Waals surface area contributed by atoms with Gasteiger partial charge in [-0.05, 0) is 49.9 Å². The van der Waals surface area contributed by atoms with Crippen LogP contribution in [-0.2, 0) is 4.74 Å². The Hall–Kier alpha value is -1.88. The van der Waals surface area contributed by atoms with E-state index in [1.165, 1.54) is 0 Å². The number of likely N-dealkylation sites (tertiary alicyclic amines) is 1. The largest absolute Gasteiger partial charge is 0.376 e. The van der Waals surface area contributed by atoms with E-state index in [9.17, 15) is 9.59 Å². The fourth-order valence-electron chi connectivity index (χ4n) is 2.98. The van der Waals surface area contributed by atoms with E-state index in [2.05, 4.69) is 5.32 Å². The predicted octanol–water partition coefficient (Wildman–Crippen LogP) is 1.83. The lowest BCUT2D eigenvalue weighted by molar-refractivity contribution is 0.0791. The van der Waals surface area contributed by atoms with Crippen LogP contribution >= 0.6 is 0 Å². The third kappa shape index (κ3) is 3.47. The van der Waals surface area contributed by atoms with Crippen molar-refractivity contribution in [3.8, 4) is 0 Å². The number of nitrogens with zero attached hydrogens (tertiary/aromatic N) is 1. The molecule has 2 aliphatic heterocycles. The SMILES string of the molecule is O=C(NCC1CCCO1)c1ccc(C(=O)N2CCCC2)cc1. The standard InChI is InChI=1S/C17H22N2O3/c20-16(18-12-15-4-3-11-22-15)13-5-7-14(8-6-13)17(21)19-9-1-2-10-19/h5-8,15H,1-4,9-12H2,(H,18,20). The van der Waals surface area contributed by atoms with Gasteiger partial charge in [-0.2, -0.15) is 0 Å². The van der Waals surface area contributed by atoms with Crippen molar-refractivity contribution in [1.82, 2.24) is 10.2 Å². The molecular formula is C17H22N2O3. The van der Waals surface area contributed by atoms with E-state index in [1.54, 1.807) is 24.3 Å². The van der Waals surface area contributed by atoms with Gasteiger partial charge in [0.25, 0.3) is 11.8 Å². The van der Waals surface area contributed by atoms with E-state index in [1.807, 2.05) is 4.90 Å². The molecular weight excluding hydrogens is 280 g/mol. The summed E-state index contributed by atoms with van der Waals surface area (Å²) in [6.07, 6.45) is 4.36. The van der Waals surface area contributed by atoms with E-state index < -0.39 is 0 Å². The molecule has 3 rings (SSSR count). The average Bonchev–Trinajstić information content (AvgIpc) is 3.25. The van der Waals surface area contributed by atoms with Crippen LogP contribution in [0.15, 0.2) is 24.3 Å². The molecule has 0 aromatic heterocycles. The monoisotopic (exact) mass is 302 g/mol. The van der Waals surface area contributed by atoms with Gasteiger partial charge in [0.1, 0.15) is 0 Å². The zero-order valence-corrected chi connectivity index (χ0v) is 12.7.